The van der Waals surface area contributed by atoms with E-state index in [9.17, 15) is 4.79 Å². The van der Waals surface area contributed by atoms with Gasteiger partial charge in [0.1, 0.15) is 0 Å². The predicted molar refractivity (Wildman–Crippen MR) is 56.4 cm³/mol. The molecule has 1 rings (SSSR count). The zero-order valence-electron chi connectivity index (χ0n) is 8.54. The maximum atomic E-state index is 11.6. The zero-order chi connectivity index (χ0) is 10.4. The first kappa shape index (κ1) is 11.1. The maximum absolute atomic E-state index is 11.6. The molecule has 1 fully saturated rings. The lowest BCUT2D eigenvalue weighted by Crippen LogP contribution is -2.39. The first-order valence-electron chi connectivity index (χ1n) is 5.19. The van der Waals surface area contributed by atoms with E-state index in [2.05, 4.69) is 5.92 Å². The normalized spacial score (nSPS) is 17.9. The van der Waals surface area contributed by atoms with Crippen LogP contribution in [0.5, 0.6) is 0 Å². The summed E-state index contributed by atoms with van der Waals surface area (Å²) in [6.07, 6.45) is 8.23. The topological polar surface area (TPSA) is 46.3 Å². The van der Waals surface area contributed by atoms with E-state index in [0.717, 1.165) is 32.5 Å². The molecule has 0 spiro atoms. The highest BCUT2D eigenvalue weighted by atomic mass is 16.2. The predicted octanol–water partition coefficient (Wildman–Crippen LogP) is 0.597. The first-order chi connectivity index (χ1) is 6.77. The summed E-state index contributed by atoms with van der Waals surface area (Å²) in [4.78, 5) is 13.5. The summed E-state index contributed by atoms with van der Waals surface area (Å²) in [5.74, 6) is 3.29. The molecule has 1 aliphatic heterocycles. The van der Waals surface area contributed by atoms with E-state index in [0.29, 0.717) is 18.8 Å². The average Bonchev–Trinajstić information content (AvgIpc) is 2.26. The second kappa shape index (κ2) is 5.66. The van der Waals surface area contributed by atoms with Crippen molar-refractivity contribution in [2.24, 2.45) is 11.7 Å². The zero-order valence-corrected chi connectivity index (χ0v) is 8.54. The second-order valence-electron chi connectivity index (χ2n) is 3.76. The summed E-state index contributed by atoms with van der Waals surface area (Å²) in [5.41, 5.74) is 5.58. The number of hydrogen-bond acceptors (Lipinski definition) is 2. The van der Waals surface area contributed by atoms with Gasteiger partial charge in [0.15, 0.2) is 0 Å². The van der Waals surface area contributed by atoms with Crippen LogP contribution in [0.3, 0.4) is 0 Å². The molecular weight excluding hydrogens is 176 g/mol. The van der Waals surface area contributed by atoms with Gasteiger partial charge >= 0.3 is 0 Å². The van der Waals surface area contributed by atoms with Crippen molar-refractivity contribution in [2.45, 2.75) is 25.7 Å². The van der Waals surface area contributed by atoms with Gasteiger partial charge in [-0.3, -0.25) is 4.79 Å². The van der Waals surface area contributed by atoms with Gasteiger partial charge in [-0.1, -0.05) is 0 Å². The molecule has 0 atom stereocenters. The molecule has 3 heteroatoms. The van der Waals surface area contributed by atoms with E-state index >= 15 is 0 Å². The Morgan fingerprint density at radius 1 is 1.50 bits per heavy atom. The molecule has 1 amide bonds. The third-order valence-electron chi connectivity index (χ3n) is 2.78. The van der Waals surface area contributed by atoms with Gasteiger partial charge < -0.3 is 10.6 Å². The number of terminal acetylenes is 1. The summed E-state index contributed by atoms with van der Waals surface area (Å²) in [5, 5.41) is 0. The van der Waals surface area contributed by atoms with E-state index in [1.54, 1.807) is 0 Å². The minimum atomic E-state index is 0.193. The molecule has 0 aromatic carbocycles. The highest BCUT2D eigenvalue weighted by Gasteiger charge is 2.20. The Kier molecular flexibility index (Phi) is 4.48. The van der Waals surface area contributed by atoms with Gasteiger partial charge in [-0.2, -0.15) is 0 Å². The number of likely N-dealkylation sites (tertiary alicyclic amines) is 1. The van der Waals surface area contributed by atoms with Crippen LogP contribution in [0.2, 0.25) is 0 Å². The third kappa shape index (κ3) is 3.04. The van der Waals surface area contributed by atoms with Crippen molar-refractivity contribution in [3.63, 3.8) is 0 Å². The molecule has 1 heterocycles. The van der Waals surface area contributed by atoms with Gasteiger partial charge in [-0.15, -0.1) is 12.3 Å². The van der Waals surface area contributed by atoms with Crippen molar-refractivity contribution in [3.8, 4) is 12.3 Å². The van der Waals surface area contributed by atoms with Crippen LogP contribution in [0, 0.1) is 18.3 Å². The van der Waals surface area contributed by atoms with Crippen LogP contribution in [0.1, 0.15) is 25.7 Å². The number of amides is 1. The fourth-order valence-corrected chi connectivity index (χ4v) is 1.76. The average molecular weight is 194 g/mol. The molecule has 0 unspecified atom stereocenters. The van der Waals surface area contributed by atoms with E-state index in [-0.39, 0.29) is 5.91 Å². The van der Waals surface area contributed by atoms with Gasteiger partial charge in [0, 0.05) is 25.9 Å². The Labute approximate surface area is 85.6 Å². The van der Waals surface area contributed by atoms with E-state index in [1.165, 1.54) is 0 Å². The molecule has 0 aromatic rings. The molecule has 0 bridgehead atoms. The molecule has 0 saturated carbocycles. The number of nitrogens with two attached hydrogens (primary N) is 1. The van der Waals surface area contributed by atoms with Crippen molar-refractivity contribution >= 4 is 5.91 Å². The van der Waals surface area contributed by atoms with Crippen molar-refractivity contribution < 1.29 is 4.79 Å². The van der Waals surface area contributed by atoms with E-state index in [4.69, 9.17) is 12.2 Å². The van der Waals surface area contributed by atoms with Gasteiger partial charge in [0.05, 0.1) is 0 Å². The number of carbonyl (C=O) groups is 1. The van der Waals surface area contributed by atoms with Gasteiger partial charge in [-0.25, -0.2) is 0 Å². The lowest BCUT2D eigenvalue weighted by molar-refractivity contribution is -0.132. The number of nitrogens with zero attached hydrogens (tertiary/aromatic N) is 1. The lowest BCUT2D eigenvalue weighted by Gasteiger charge is -2.31. The SMILES string of the molecule is C#CCCC(=O)N1CCC(CN)CC1. The van der Waals surface area contributed by atoms with Crippen molar-refractivity contribution in [1.82, 2.24) is 4.90 Å². The number of piperidine rings is 1. The molecule has 3 nitrogen and oxygen atoms in total. The molecule has 14 heavy (non-hydrogen) atoms. The summed E-state index contributed by atoms with van der Waals surface area (Å²) >= 11 is 0. The molecule has 0 aliphatic carbocycles. The first-order valence-corrected chi connectivity index (χ1v) is 5.19. The monoisotopic (exact) mass is 194 g/mol. The number of rotatable bonds is 3. The molecule has 2 N–H and O–H groups in total. The molecule has 0 radical (unpaired) electrons. The second-order valence-corrected chi connectivity index (χ2v) is 3.76. The summed E-state index contributed by atoms with van der Waals surface area (Å²) in [7, 11) is 0. The maximum Gasteiger partial charge on any atom is 0.223 e. The third-order valence-corrected chi connectivity index (χ3v) is 2.78. The largest absolute Gasteiger partial charge is 0.343 e. The molecule has 0 aromatic heterocycles. The van der Waals surface area contributed by atoms with Gasteiger partial charge in [0.25, 0.3) is 0 Å². The fourth-order valence-electron chi connectivity index (χ4n) is 1.76. The standard InChI is InChI=1S/C11H18N2O/c1-2-3-4-11(14)13-7-5-10(9-12)6-8-13/h1,10H,3-9,12H2. The molecule has 1 aliphatic rings. The highest BCUT2D eigenvalue weighted by Crippen LogP contribution is 2.16. The van der Waals surface area contributed by atoms with Crippen LogP contribution in [-0.2, 0) is 4.79 Å². The minimum Gasteiger partial charge on any atom is -0.343 e. The van der Waals surface area contributed by atoms with Crippen molar-refractivity contribution in [2.75, 3.05) is 19.6 Å². The minimum absolute atomic E-state index is 0.193. The summed E-state index contributed by atoms with van der Waals surface area (Å²) in [6, 6.07) is 0. The molecule has 78 valence electrons. The quantitative estimate of drug-likeness (QED) is 0.669. The molecule has 1 saturated heterocycles. The Morgan fingerprint density at radius 3 is 2.64 bits per heavy atom. The van der Waals surface area contributed by atoms with Crippen LogP contribution < -0.4 is 5.73 Å². The number of carbonyl (C=O) groups excluding carboxylic acids is 1. The Bertz CT molecular complexity index is 224. The van der Waals surface area contributed by atoms with Crippen molar-refractivity contribution in [1.29, 1.82) is 0 Å². The van der Waals surface area contributed by atoms with Crippen LogP contribution in [0.15, 0.2) is 0 Å². The highest BCUT2D eigenvalue weighted by molar-refractivity contribution is 5.76. The fraction of sp³-hybridized carbons (Fsp3) is 0.727. The molecular formula is C11H18N2O. The lowest BCUT2D eigenvalue weighted by atomic mass is 9.97. The van der Waals surface area contributed by atoms with Crippen molar-refractivity contribution in [3.05, 3.63) is 0 Å². The van der Waals surface area contributed by atoms with Crippen LogP contribution in [0.25, 0.3) is 0 Å². The van der Waals surface area contributed by atoms with Gasteiger partial charge in [0.2, 0.25) is 5.91 Å². The smallest absolute Gasteiger partial charge is 0.223 e. The Balaban J connectivity index is 2.27. The Morgan fingerprint density at radius 2 is 2.14 bits per heavy atom. The van der Waals surface area contributed by atoms with E-state index < -0.39 is 0 Å². The van der Waals surface area contributed by atoms with Gasteiger partial charge in [-0.05, 0) is 25.3 Å². The Hall–Kier alpha value is -1.01. The van der Waals surface area contributed by atoms with Crippen LogP contribution >= 0.6 is 0 Å². The summed E-state index contributed by atoms with van der Waals surface area (Å²) in [6.45, 7) is 2.45. The summed E-state index contributed by atoms with van der Waals surface area (Å²) < 4.78 is 0. The van der Waals surface area contributed by atoms with E-state index in [1.807, 2.05) is 4.90 Å². The van der Waals surface area contributed by atoms with Crippen LogP contribution in [0.4, 0.5) is 0 Å². The van der Waals surface area contributed by atoms with Crippen LogP contribution in [-0.4, -0.2) is 30.4 Å². The number of hydrogen-bond donors (Lipinski definition) is 1.